The van der Waals surface area contributed by atoms with Gasteiger partial charge in [0.1, 0.15) is 12.4 Å². The molecule has 2 rings (SSSR count). The van der Waals surface area contributed by atoms with Crippen molar-refractivity contribution in [1.29, 1.82) is 0 Å². The molecule has 0 aromatic heterocycles. The highest BCUT2D eigenvalue weighted by Crippen LogP contribution is 2.30. The summed E-state index contributed by atoms with van der Waals surface area (Å²) in [4.78, 5) is 23.0. The lowest BCUT2D eigenvalue weighted by molar-refractivity contribution is -0.118. The summed E-state index contributed by atoms with van der Waals surface area (Å²) in [5.41, 5.74) is 6.49. The number of methoxy groups -OCH3 is 2. The van der Waals surface area contributed by atoms with Gasteiger partial charge in [0, 0.05) is 18.9 Å². The van der Waals surface area contributed by atoms with Gasteiger partial charge >= 0.3 is 0 Å². The highest BCUT2D eigenvalue weighted by atomic mass is 16.5. The number of nitrogens with two attached hydrogens (primary N) is 1. The fourth-order valence-electron chi connectivity index (χ4n) is 2.35. The molecule has 28 heavy (non-hydrogen) atoms. The van der Waals surface area contributed by atoms with E-state index in [1.165, 1.54) is 0 Å². The molecule has 0 aliphatic heterocycles. The van der Waals surface area contributed by atoms with Crippen LogP contribution in [0.5, 0.6) is 17.2 Å². The predicted octanol–water partition coefficient (Wildman–Crippen LogP) is 1.77. The van der Waals surface area contributed by atoms with Crippen molar-refractivity contribution in [3.63, 3.8) is 0 Å². The molecule has 150 valence electrons. The Bertz CT molecular complexity index is 792. The van der Waals surface area contributed by atoms with Gasteiger partial charge in [-0.25, -0.2) is 0 Å². The van der Waals surface area contributed by atoms with Crippen molar-refractivity contribution in [3.05, 3.63) is 48.0 Å². The molecule has 0 saturated carbocycles. The van der Waals surface area contributed by atoms with E-state index in [0.717, 1.165) is 5.56 Å². The van der Waals surface area contributed by atoms with Crippen LogP contribution < -0.4 is 25.3 Å². The number of nitrogens with one attached hydrogen (secondary N) is 1. The van der Waals surface area contributed by atoms with E-state index in [4.69, 9.17) is 24.7 Å². The molecule has 2 aromatic rings. The van der Waals surface area contributed by atoms with E-state index in [-0.39, 0.29) is 18.9 Å². The average Bonchev–Trinajstić information content (AvgIpc) is 2.67. The van der Waals surface area contributed by atoms with Crippen LogP contribution in [-0.4, -0.2) is 45.9 Å². The first-order chi connectivity index (χ1) is 13.5. The fourth-order valence-corrected chi connectivity index (χ4v) is 2.35. The number of carbonyl (C=O) groups is 2. The summed E-state index contributed by atoms with van der Waals surface area (Å²) in [5, 5.41) is 2.74. The van der Waals surface area contributed by atoms with Crippen molar-refractivity contribution in [2.24, 2.45) is 5.73 Å². The zero-order chi connectivity index (χ0) is 20.4. The molecule has 0 radical (unpaired) electrons. The topological polar surface area (TPSA) is 109 Å². The number of benzene rings is 2. The van der Waals surface area contributed by atoms with Crippen LogP contribution >= 0.6 is 0 Å². The molecule has 0 unspecified atom stereocenters. The Balaban J connectivity index is 1.89. The molecule has 8 nitrogen and oxygen atoms in total. The van der Waals surface area contributed by atoms with Crippen molar-refractivity contribution < 1.29 is 28.5 Å². The highest BCUT2D eigenvalue weighted by Gasteiger charge is 2.09. The Morgan fingerprint density at radius 2 is 1.71 bits per heavy atom. The molecule has 3 N–H and O–H groups in total. The first kappa shape index (κ1) is 21.0. The van der Waals surface area contributed by atoms with Crippen LogP contribution in [0.25, 0.3) is 0 Å². The quantitative estimate of drug-likeness (QED) is 0.568. The van der Waals surface area contributed by atoms with Gasteiger partial charge in [-0.2, -0.15) is 0 Å². The zero-order valence-corrected chi connectivity index (χ0v) is 15.9. The van der Waals surface area contributed by atoms with Crippen molar-refractivity contribution in [3.8, 4) is 17.2 Å². The number of carbonyl (C=O) groups excluding carboxylic acids is 2. The molecule has 0 atom stereocenters. The highest BCUT2D eigenvalue weighted by molar-refractivity contribution is 5.92. The van der Waals surface area contributed by atoms with Crippen molar-refractivity contribution in [2.45, 2.75) is 6.42 Å². The largest absolute Gasteiger partial charge is 0.493 e. The van der Waals surface area contributed by atoms with Crippen molar-refractivity contribution >= 4 is 17.5 Å². The number of anilines is 1. The normalized spacial score (nSPS) is 10.2. The van der Waals surface area contributed by atoms with Gasteiger partial charge in [-0.05, 0) is 29.8 Å². The van der Waals surface area contributed by atoms with Gasteiger partial charge in [0.2, 0.25) is 5.91 Å². The monoisotopic (exact) mass is 388 g/mol. The van der Waals surface area contributed by atoms with Crippen molar-refractivity contribution in [1.82, 2.24) is 0 Å². The summed E-state index contributed by atoms with van der Waals surface area (Å²) in [5.74, 6) is 0.846. The third-order valence-electron chi connectivity index (χ3n) is 3.66. The zero-order valence-electron chi connectivity index (χ0n) is 15.9. The fraction of sp³-hybridized carbons (Fsp3) is 0.300. The lowest BCUT2D eigenvalue weighted by atomic mass is 10.1. The number of amides is 2. The number of ether oxygens (including phenoxy) is 4. The summed E-state index contributed by atoms with van der Waals surface area (Å²) in [6.45, 7) is 0.631. The summed E-state index contributed by atoms with van der Waals surface area (Å²) in [7, 11) is 3.13. The van der Waals surface area contributed by atoms with E-state index in [1.54, 1.807) is 56.7 Å². The lowest BCUT2D eigenvalue weighted by Gasteiger charge is -2.13. The minimum absolute atomic E-state index is 0.160. The third-order valence-corrected chi connectivity index (χ3v) is 3.66. The third kappa shape index (κ3) is 6.81. The van der Waals surface area contributed by atoms with E-state index in [1.807, 2.05) is 0 Å². The van der Waals surface area contributed by atoms with Crippen LogP contribution in [0, 0.1) is 0 Å². The Morgan fingerprint density at radius 1 is 0.964 bits per heavy atom. The average molecular weight is 388 g/mol. The van der Waals surface area contributed by atoms with Gasteiger partial charge in [-0.1, -0.05) is 12.1 Å². The predicted molar refractivity (Wildman–Crippen MR) is 104 cm³/mol. The molecular formula is C20H24N2O6. The molecule has 2 amide bonds. The summed E-state index contributed by atoms with van der Waals surface area (Å²) in [6.07, 6.45) is 0.160. The van der Waals surface area contributed by atoms with E-state index in [0.29, 0.717) is 36.1 Å². The van der Waals surface area contributed by atoms with E-state index >= 15 is 0 Å². The van der Waals surface area contributed by atoms with Crippen LogP contribution in [0.4, 0.5) is 5.69 Å². The first-order valence-electron chi connectivity index (χ1n) is 8.61. The minimum atomic E-state index is -0.405. The molecule has 0 saturated heterocycles. The second kappa shape index (κ2) is 10.8. The number of hydrogen-bond donors (Lipinski definition) is 2. The Labute approximate surface area is 163 Å². The maximum atomic E-state index is 12.1. The summed E-state index contributed by atoms with van der Waals surface area (Å²) in [6, 6.07) is 11.9. The van der Waals surface area contributed by atoms with Gasteiger partial charge in [-0.15, -0.1) is 0 Å². The molecule has 8 heteroatoms. The molecule has 0 heterocycles. The number of rotatable bonds is 11. The maximum Gasteiger partial charge on any atom is 0.262 e. The maximum absolute atomic E-state index is 12.1. The molecule has 0 fully saturated rings. The van der Waals surface area contributed by atoms with Crippen molar-refractivity contribution in [2.75, 3.05) is 39.4 Å². The molecule has 0 bridgehead atoms. The van der Waals surface area contributed by atoms with Crippen LogP contribution in [-0.2, 0) is 20.7 Å². The molecule has 0 spiro atoms. The molecular weight excluding hydrogens is 364 g/mol. The van der Waals surface area contributed by atoms with Gasteiger partial charge in [0.15, 0.2) is 18.1 Å². The molecule has 0 aliphatic rings. The van der Waals surface area contributed by atoms with Crippen LogP contribution in [0.2, 0.25) is 0 Å². The number of primary amides is 1. The van der Waals surface area contributed by atoms with Gasteiger partial charge in [-0.3, -0.25) is 9.59 Å². The molecule has 0 aliphatic carbocycles. The van der Waals surface area contributed by atoms with E-state index < -0.39 is 5.91 Å². The smallest absolute Gasteiger partial charge is 0.262 e. The SMILES string of the molecule is COCCOc1cc(NC(=O)COc2ccc(CC(N)=O)cc2)ccc1OC. The summed E-state index contributed by atoms with van der Waals surface area (Å²) < 4.78 is 21.2. The Morgan fingerprint density at radius 3 is 2.36 bits per heavy atom. The molecule has 2 aromatic carbocycles. The van der Waals surface area contributed by atoms with Crippen LogP contribution in [0.15, 0.2) is 42.5 Å². The lowest BCUT2D eigenvalue weighted by Crippen LogP contribution is -2.20. The number of hydrogen-bond acceptors (Lipinski definition) is 6. The van der Waals surface area contributed by atoms with E-state index in [2.05, 4.69) is 5.32 Å². The van der Waals surface area contributed by atoms with Gasteiger partial charge in [0.05, 0.1) is 20.1 Å². The second-order valence-corrected chi connectivity index (χ2v) is 5.83. The standard InChI is InChI=1S/C20H24N2O6/c1-25-9-10-27-18-12-15(5-8-17(18)26-2)22-20(24)13-28-16-6-3-14(4-7-16)11-19(21)23/h3-8,12H,9-11,13H2,1-2H3,(H2,21,23)(H,22,24). The Kier molecular flexibility index (Phi) is 8.11. The minimum Gasteiger partial charge on any atom is -0.493 e. The van der Waals surface area contributed by atoms with Gasteiger partial charge < -0.3 is 30.0 Å². The first-order valence-corrected chi connectivity index (χ1v) is 8.61. The van der Waals surface area contributed by atoms with E-state index in [9.17, 15) is 9.59 Å². The summed E-state index contributed by atoms with van der Waals surface area (Å²) >= 11 is 0. The van der Waals surface area contributed by atoms with Gasteiger partial charge in [0.25, 0.3) is 5.91 Å². The second-order valence-electron chi connectivity index (χ2n) is 5.83. The Hall–Kier alpha value is -3.26. The van der Waals surface area contributed by atoms with Crippen LogP contribution in [0.1, 0.15) is 5.56 Å². The van der Waals surface area contributed by atoms with Crippen LogP contribution in [0.3, 0.4) is 0 Å².